The normalized spacial score (nSPS) is 11.2. The van der Waals surface area contributed by atoms with Crippen LogP contribution in [0.1, 0.15) is 38.8 Å². The molecule has 0 aliphatic carbocycles. The van der Waals surface area contributed by atoms with Crippen molar-refractivity contribution in [2.45, 2.75) is 27.1 Å². The molecule has 1 N–H and O–H groups in total. The molecule has 0 aliphatic heterocycles. The average molecular weight is 623 g/mol. The van der Waals surface area contributed by atoms with Crippen LogP contribution in [0.5, 0.6) is 11.5 Å². The lowest BCUT2D eigenvalue weighted by atomic mass is 10.2. The van der Waals surface area contributed by atoms with E-state index in [0.717, 1.165) is 22.6 Å². The second-order valence-electron chi connectivity index (χ2n) is 9.41. The van der Waals surface area contributed by atoms with Gasteiger partial charge in [0.2, 0.25) is 0 Å². The van der Waals surface area contributed by atoms with Crippen molar-refractivity contribution < 1.29 is 18.7 Å². The number of hydrogen-bond donors (Lipinski definition) is 1. The molecule has 0 atom stereocenters. The molecule has 1 amide bonds. The van der Waals surface area contributed by atoms with Gasteiger partial charge in [0.25, 0.3) is 0 Å². The van der Waals surface area contributed by atoms with Crippen molar-refractivity contribution in [2.24, 2.45) is 5.10 Å². The van der Waals surface area contributed by atoms with Crippen LogP contribution in [-0.4, -0.2) is 16.7 Å². The maximum Gasteiger partial charge on any atom is 0.307 e. The van der Waals surface area contributed by atoms with Crippen LogP contribution in [0.15, 0.2) is 94.4 Å². The van der Waals surface area contributed by atoms with Crippen molar-refractivity contribution in [1.29, 1.82) is 0 Å². The fourth-order valence-corrected chi connectivity index (χ4v) is 4.90. The number of nitrogens with zero attached hydrogens (tertiary/aromatic N) is 2. The molecule has 0 saturated carbocycles. The monoisotopic (exact) mass is 621 g/mol. The molecule has 0 radical (unpaired) electrons. The third kappa shape index (κ3) is 7.18. The van der Waals surface area contributed by atoms with Crippen LogP contribution in [0.2, 0.25) is 15.1 Å². The van der Waals surface area contributed by atoms with Crippen molar-refractivity contribution in [3.63, 3.8) is 0 Å². The number of ether oxygens (including phenoxy) is 2. The number of hydrogen-bond acceptors (Lipinski definition) is 5. The zero-order valence-corrected chi connectivity index (χ0v) is 25.0. The molecule has 0 unspecified atom stereocenters. The SMILES string of the molecule is Cc1ccc(C)n1-c1ccc(OCc2ccc(C(=O)N/N=C/c3cc(Cl)ccc3OCc3ccc(Cl)cc3Cl)o2)cc1. The quantitative estimate of drug-likeness (QED) is 0.125. The van der Waals surface area contributed by atoms with Crippen LogP contribution in [0.4, 0.5) is 0 Å². The van der Waals surface area contributed by atoms with Crippen molar-refractivity contribution in [1.82, 2.24) is 9.99 Å². The first-order chi connectivity index (χ1) is 20.3. The number of furan rings is 1. The minimum Gasteiger partial charge on any atom is -0.488 e. The zero-order valence-electron chi connectivity index (χ0n) is 22.7. The summed E-state index contributed by atoms with van der Waals surface area (Å²) >= 11 is 18.4. The summed E-state index contributed by atoms with van der Waals surface area (Å²) in [6, 6.07) is 25.5. The number of hydrazone groups is 1. The highest BCUT2D eigenvalue weighted by molar-refractivity contribution is 6.35. The molecule has 2 heterocycles. The Labute approximate surface area is 258 Å². The zero-order chi connectivity index (χ0) is 29.6. The van der Waals surface area contributed by atoms with Gasteiger partial charge in [-0.1, -0.05) is 40.9 Å². The summed E-state index contributed by atoms with van der Waals surface area (Å²) in [5.41, 5.74) is 7.17. The Balaban J connectivity index is 1.16. The Hall–Kier alpha value is -4.17. The molecular formula is C32H26Cl3N3O4. The van der Waals surface area contributed by atoms with Gasteiger partial charge in [0.05, 0.1) is 6.21 Å². The highest BCUT2D eigenvalue weighted by Crippen LogP contribution is 2.26. The summed E-state index contributed by atoms with van der Waals surface area (Å²) in [6.07, 6.45) is 1.44. The van der Waals surface area contributed by atoms with E-state index in [1.54, 1.807) is 48.5 Å². The van der Waals surface area contributed by atoms with Gasteiger partial charge < -0.3 is 18.5 Å². The second-order valence-corrected chi connectivity index (χ2v) is 10.7. The first kappa shape index (κ1) is 29.3. The average Bonchev–Trinajstić information content (AvgIpc) is 3.58. The molecule has 3 aromatic carbocycles. The minimum absolute atomic E-state index is 0.0969. The Morgan fingerprint density at radius 2 is 1.57 bits per heavy atom. The Bertz CT molecular complexity index is 1720. The molecule has 10 heteroatoms. The smallest absolute Gasteiger partial charge is 0.307 e. The molecule has 5 aromatic rings. The third-order valence-electron chi connectivity index (χ3n) is 6.37. The van der Waals surface area contributed by atoms with E-state index in [2.05, 4.69) is 41.1 Å². The minimum atomic E-state index is -0.517. The molecule has 0 fully saturated rings. The van der Waals surface area contributed by atoms with Crippen molar-refractivity contribution in [3.8, 4) is 17.2 Å². The Morgan fingerprint density at radius 1 is 0.857 bits per heavy atom. The number of amides is 1. The maximum atomic E-state index is 12.6. The van der Waals surface area contributed by atoms with E-state index >= 15 is 0 Å². The molecule has 0 saturated heterocycles. The summed E-state index contributed by atoms with van der Waals surface area (Å²) in [6.45, 7) is 4.51. The van der Waals surface area contributed by atoms with E-state index in [1.807, 2.05) is 24.3 Å². The lowest BCUT2D eigenvalue weighted by Gasteiger charge is -2.11. The predicted octanol–water partition coefficient (Wildman–Crippen LogP) is 8.57. The largest absolute Gasteiger partial charge is 0.488 e. The van der Waals surface area contributed by atoms with Crippen molar-refractivity contribution in [2.75, 3.05) is 0 Å². The summed E-state index contributed by atoms with van der Waals surface area (Å²) in [5.74, 6) is 1.27. The van der Waals surface area contributed by atoms with E-state index in [4.69, 9.17) is 48.7 Å². The van der Waals surface area contributed by atoms with Crippen LogP contribution < -0.4 is 14.9 Å². The van der Waals surface area contributed by atoms with Crippen LogP contribution in [0, 0.1) is 13.8 Å². The number of rotatable bonds is 10. The fourth-order valence-electron chi connectivity index (χ4n) is 4.26. The molecule has 2 aromatic heterocycles. The maximum absolute atomic E-state index is 12.6. The Morgan fingerprint density at radius 3 is 2.31 bits per heavy atom. The number of carbonyl (C=O) groups is 1. The van der Waals surface area contributed by atoms with Gasteiger partial charge in [0.15, 0.2) is 5.76 Å². The van der Waals surface area contributed by atoms with Gasteiger partial charge in [0.1, 0.15) is 30.5 Å². The molecule has 5 rings (SSSR count). The fraction of sp³-hybridized carbons (Fsp3) is 0.125. The first-order valence-corrected chi connectivity index (χ1v) is 14.1. The number of aromatic nitrogens is 1. The van der Waals surface area contributed by atoms with Crippen LogP contribution in [0.3, 0.4) is 0 Å². The number of carbonyl (C=O) groups excluding carboxylic acids is 1. The molecule has 42 heavy (non-hydrogen) atoms. The van der Waals surface area contributed by atoms with E-state index < -0.39 is 5.91 Å². The molecule has 0 spiro atoms. The van der Waals surface area contributed by atoms with Gasteiger partial charge in [-0.15, -0.1) is 0 Å². The van der Waals surface area contributed by atoms with Gasteiger partial charge in [-0.25, -0.2) is 5.43 Å². The van der Waals surface area contributed by atoms with Gasteiger partial charge in [-0.3, -0.25) is 4.79 Å². The number of benzene rings is 3. The molecule has 7 nitrogen and oxygen atoms in total. The number of halogens is 3. The van der Waals surface area contributed by atoms with Gasteiger partial charge >= 0.3 is 5.91 Å². The van der Waals surface area contributed by atoms with Gasteiger partial charge in [0, 0.05) is 43.3 Å². The summed E-state index contributed by atoms with van der Waals surface area (Å²) in [5, 5.41) is 5.57. The van der Waals surface area contributed by atoms with E-state index in [9.17, 15) is 4.79 Å². The standard InChI is InChI=1S/C32H26Cl3N3O4/c1-20-3-4-21(2)38(20)26-8-10-27(11-9-26)40-19-28-12-14-31(42-28)32(39)37-36-17-23-15-24(33)7-13-30(23)41-18-22-5-6-25(34)16-29(22)35/h3-17H,18-19H2,1-2H3,(H,37,39)/b36-17+. The van der Waals surface area contributed by atoms with E-state index in [0.29, 0.717) is 37.9 Å². The summed E-state index contributed by atoms with van der Waals surface area (Å²) in [4.78, 5) is 12.6. The van der Waals surface area contributed by atoms with Crippen LogP contribution >= 0.6 is 34.8 Å². The molecule has 0 bridgehead atoms. The summed E-state index contributed by atoms with van der Waals surface area (Å²) < 4.78 is 19.6. The first-order valence-electron chi connectivity index (χ1n) is 12.9. The lowest BCUT2D eigenvalue weighted by molar-refractivity contribution is 0.0923. The van der Waals surface area contributed by atoms with Crippen molar-refractivity contribution in [3.05, 3.63) is 134 Å². The molecule has 214 valence electrons. The highest BCUT2D eigenvalue weighted by atomic mass is 35.5. The van der Waals surface area contributed by atoms with E-state index in [-0.39, 0.29) is 19.0 Å². The second kappa shape index (κ2) is 13.2. The van der Waals surface area contributed by atoms with Gasteiger partial charge in [-0.2, -0.15) is 5.10 Å². The topological polar surface area (TPSA) is 78.0 Å². The lowest BCUT2D eigenvalue weighted by Crippen LogP contribution is -2.16. The summed E-state index contributed by atoms with van der Waals surface area (Å²) in [7, 11) is 0. The number of aryl methyl sites for hydroxylation is 2. The Kier molecular flexibility index (Phi) is 9.22. The van der Waals surface area contributed by atoms with E-state index in [1.165, 1.54) is 6.21 Å². The van der Waals surface area contributed by atoms with Crippen LogP contribution in [0.25, 0.3) is 5.69 Å². The predicted molar refractivity (Wildman–Crippen MR) is 166 cm³/mol. The third-order valence-corrected chi connectivity index (χ3v) is 7.19. The number of nitrogens with one attached hydrogen (secondary N) is 1. The van der Waals surface area contributed by atoms with Crippen LogP contribution in [-0.2, 0) is 13.2 Å². The molecular weight excluding hydrogens is 597 g/mol. The molecule has 0 aliphatic rings. The highest BCUT2D eigenvalue weighted by Gasteiger charge is 2.12. The van der Waals surface area contributed by atoms with Crippen molar-refractivity contribution >= 4 is 46.9 Å². The van der Waals surface area contributed by atoms with Gasteiger partial charge in [-0.05, 0) is 92.7 Å².